The van der Waals surface area contributed by atoms with Gasteiger partial charge in [0.25, 0.3) is 0 Å². The summed E-state index contributed by atoms with van der Waals surface area (Å²) >= 11 is 0. The minimum Gasteiger partial charge on any atom is -0.469 e. The average molecular weight is 190 g/mol. The number of rotatable bonds is 3. The van der Waals surface area contributed by atoms with E-state index < -0.39 is 0 Å². The summed E-state index contributed by atoms with van der Waals surface area (Å²) in [7, 11) is 0. The van der Waals surface area contributed by atoms with Crippen molar-refractivity contribution in [2.75, 3.05) is 0 Å². The van der Waals surface area contributed by atoms with Gasteiger partial charge >= 0.3 is 0 Å². The maximum atomic E-state index is 5.37. The van der Waals surface area contributed by atoms with Crippen LogP contribution in [0.25, 0.3) is 0 Å². The van der Waals surface area contributed by atoms with E-state index in [4.69, 9.17) is 8.83 Å². The monoisotopic (exact) mass is 190 g/mol. The Hall–Kier alpha value is -1.44. The minimum absolute atomic E-state index is 0.344. The Kier molecular flexibility index (Phi) is 2.44. The van der Waals surface area contributed by atoms with Gasteiger partial charge in [-0.25, -0.2) is 0 Å². The zero-order chi connectivity index (χ0) is 9.97. The van der Waals surface area contributed by atoms with Crippen molar-refractivity contribution >= 4 is 0 Å². The lowest BCUT2D eigenvalue weighted by Gasteiger charge is -2.15. The van der Waals surface area contributed by atoms with Crippen LogP contribution >= 0.6 is 0 Å². The molecule has 0 aliphatic heterocycles. The van der Waals surface area contributed by atoms with Crippen LogP contribution in [0, 0.1) is 0 Å². The molecule has 2 nitrogen and oxygen atoms in total. The highest BCUT2D eigenvalue weighted by Crippen LogP contribution is 2.32. The van der Waals surface area contributed by atoms with Gasteiger partial charge in [0.2, 0.25) is 0 Å². The summed E-state index contributed by atoms with van der Waals surface area (Å²) in [5.74, 6) is 2.70. The van der Waals surface area contributed by atoms with E-state index in [1.807, 2.05) is 24.3 Å². The fourth-order valence-electron chi connectivity index (χ4n) is 1.59. The number of hydrogen-bond donors (Lipinski definition) is 0. The van der Waals surface area contributed by atoms with Crippen LogP contribution in [-0.4, -0.2) is 0 Å². The van der Waals surface area contributed by atoms with Crippen LogP contribution in [-0.2, 0) is 0 Å². The van der Waals surface area contributed by atoms with Crippen molar-refractivity contribution in [1.29, 1.82) is 0 Å². The first-order valence-corrected chi connectivity index (χ1v) is 4.86. The van der Waals surface area contributed by atoms with Crippen LogP contribution in [0.5, 0.6) is 0 Å². The molecule has 2 aromatic heterocycles. The van der Waals surface area contributed by atoms with Crippen LogP contribution in [0.2, 0.25) is 0 Å². The molecule has 0 bridgehead atoms. The molecule has 2 heteroatoms. The molecule has 2 rings (SSSR count). The fourth-order valence-corrected chi connectivity index (χ4v) is 1.59. The van der Waals surface area contributed by atoms with Gasteiger partial charge in [0, 0.05) is 11.8 Å². The minimum atomic E-state index is 0.344. The van der Waals surface area contributed by atoms with Gasteiger partial charge in [0.05, 0.1) is 12.5 Å². The summed E-state index contributed by atoms with van der Waals surface area (Å²) in [4.78, 5) is 0. The van der Waals surface area contributed by atoms with Crippen LogP contribution in [0.1, 0.15) is 37.2 Å². The molecule has 14 heavy (non-hydrogen) atoms. The molecule has 74 valence electrons. The largest absolute Gasteiger partial charge is 0.469 e. The molecule has 2 aromatic rings. The van der Waals surface area contributed by atoms with Gasteiger partial charge in [-0.2, -0.15) is 0 Å². The third kappa shape index (κ3) is 1.60. The average Bonchev–Trinajstić information content (AvgIpc) is 2.87. The Bertz CT molecular complexity index is 321. The molecule has 0 aliphatic rings. The van der Waals surface area contributed by atoms with E-state index in [1.165, 1.54) is 0 Å². The molecule has 2 heterocycles. The summed E-state index contributed by atoms with van der Waals surface area (Å²) in [5, 5.41) is 0. The predicted octanol–water partition coefficient (Wildman–Crippen LogP) is 3.78. The van der Waals surface area contributed by atoms with E-state index in [9.17, 15) is 0 Å². The smallest absolute Gasteiger partial charge is 0.107 e. The molecule has 0 saturated carbocycles. The summed E-state index contributed by atoms with van der Waals surface area (Å²) in [5.41, 5.74) is 0. The number of hydrogen-bond acceptors (Lipinski definition) is 2. The summed E-state index contributed by atoms with van der Waals surface area (Å²) in [6.07, 6.45) is 3.42. The third-order valence-corrected chi connectivity index (χ3v) is 2.73. The van der Waals surface area contributed by atoms with E-state index in [1.54, 1.807) is 12.5 Å². The summed E-state index contributed by atoms with van der Waals surface area (Å²) < 4.78 is 10.7. The second kappa shape index (κ2) is 3.74. The second-order valence-corrected chi connectivity index (χ2v) is 3.61. The van der Waals surface area contributed by atoms with Crippen molar-refractivity contribution in [3.63, 3.8) is 0 Å². The van der Waals surface area contributed by atoms with Crippen molar-refractivity contribution < 1.29 is 8.83 Å². The molecule has 0 aromatic carbocycles. The molecular formula is C12H14O2. The van der Waals surface area contributed by atoms with Crippen LogP contribution in [0.4, 0.5) is 0 Å². The Morgan fingerprint density at radius 2 is 1.29 bits per heavy atom. The Morgan fingerprint density at radius 1 is 0.857 bits per heavy atom. The van der Waals surface area contributed by atoms with Crippen molar-refractivity contribution in [3.8, 4) is 0 Å². The highest BCUT2D eigenvalue weighted by atomic mass is 16.3. The van der Waals surface area contributed by atoms with Gasteiger partial charge in [-0.3, -0.25) is 0 Å². The maximum Gasteiger partial charge on any atom is 0.107 e. The van der Waals surface area contributed by atoms with Gasteiger partial charge in [-0.05, 0) is 24.3 Å². The molecule has 2 atom stereocenters. The standard InChI is InChI=1S/C12H14O2/c1-9(11-5-3-7-13-11)10(2)12-6-4-8-14-12/h3-10H,1-2H3. The van der Waals surface area contributed by atoms with Gasteiger partial charge in [-0.15, -0.1) is 0 Å². The molecule has 2 unspecified atom stereocenters. The molecule has 0 fully saturated rings. The molecule has 0 spiro atoms. The normalized spacial score (nSPS) is 15.3. The predicted molar refractivity (Wildman–Crippen MR) is 54.2 cm³/mol. The molecule has 0 radical (unpaired) electrons. The van der Waals surface area contributed by atoms with E-state index in [0.717, 1.165) is 11.5 Å². The lowest BCUT2D eigenvalue weighted by atomic mass is 9.92. The molecule has 0 saturated heterocycles. The van der Waals surface area contributed by atoms with E-state index in [-0.39, 0.29) is 0 Å². The van der Waals surface area contributed by atoms with Crippen LogP contribution in [0.3, 0.4) is 0 Å². The number of furan rings is 2. The van der Waals surface area contributed by atoms with E-state index in [0.29, 0.717) is 11.8 Å². The van der Waals surface area contributed by atoms with Crippen LogP contribution in [0.15, 0.2) is 45.6 Å². The van der Waals surface area contributed by atoms with Crippen molar-refractivity contribution in [2.45, 2.75) is 25.7 Å². The first kappa shape index (κ1) is 9.13. The topological polar surface area (TPSA) is 26.3 Å². The molecule has 0 N–H and O–H groups in total. The Balaban J connectivity index is 2.16. The first-order chi connectivity index (χ1) is 6.79. The maximum absolute atomic E-state index is 5.37. The molecule has 0 aliphatic carbocycles. The third-order valence-electron chi connectivity index (χ3n) is 2.73. The zero-order valence-electron chi connectivity index (χ0n) is 8.44. The highest BCUT2D eigenvalue weighted by Gasteiger charge is 2.20. The quantitative estimate of drug-likeness (QED) is 0.736. The van der Waals surface area contributed by atoms with Crippen molar-refractivity contribution in [2.24, 2.45) is 0 Å². The Morgan fingerprint density at radius 3 is 1.57 bits per heavy atom. The lowest BCUT2D eigenvalue weighted by molar-refractivity contribution is 0.399. The van der Waals surface area contributed by atoms with Crippen molar-refractivity contribution in [1.82, 2.24) is 0 Å². The summed E-state index contributed by atoms with van der Waals surface area (Å²) in [6.45, 7) is 4.29. The SMILES string of the molecule is CC(c1ccco1)C(C)c1ccco1. The van der Waals surface area contributed by atoms with E-state index in [2.05, 4.69) is 13.8 Å². The first-order valence-electron chi connectivity index (χ1n) is 4.86. The van der Waals surface area contributed by atoms with Gasteiger partial charge < -0.3 is 8.83 Å². The molecule has 0 amide bonds. The van der Waals surface area contributed by atoms with E-state index >= 15 is 0 Å². The lowest BCUT2D eigenvalue weighted by Crippen LogP contribution is -2.02. The highest BCUT2D eigenvalue weighted by molar-refractivity contribution is 5.14. The van der Waals surface area contributed by atoms with Gasteiger partial charge in [0.15, 0.2) is 0 Å². The van der Waals surface area contributed by atoms with Gasteiger partial charge in [0.1, 0.15) is 11.5 Å². The van der Waals surface area contributed by atoms with Gasteiger partial charge in [-0.1, -0.05) is 13.8 Å². The fraction of sp³-hybridized carbons (Fsp3) is 0.333. The summed E-state index contributed by atoms with van der Waals surface area (Å²) in [6, 6.07) is 7.84. The zero-order valence-corrected chi connectivity index (χ0v) is 8.44. The van der Waals surface area contributed by atoms with Crippen molar-refractivity contribution in [3.05, 3.63) is 48.3 Å². The molecular weight excluding hydrogens is 176 g/mol. The van der Waals surface area contributed by atoms with Crippen LogP contribution < -0.4 is 0 Å². The second-order valence-electron chi connectivity index (χ2n) is 3.61. The Labute approximate surface area is 83.5 Å².